The van der Waals surface area contributed by atoms with E-state index in [1.807, 2.05) is 6.92 Å². The highest BCUT2D eigenvalue weighted by Gasteiger charge is 1.93. The molecule has 3 nitrogen and oxygen atoms in total. The van der Waals surface area contributed by atoms with Crippen LogP contribution in [0, 0.1) is 18.8 Å². The first-order chi connectivity index (χ1) is 5.22. The molecule has 11 heavy (non-hydrogen) atoms. The molecule has 2 N–H and O–H groups in total. The summed E-state index contributed by atoms with van der Waals surface area (Å²) in [7, 11) is 0. The summed E-state index contributed by atoms with van der Waals surface area (Å²) in [5.74, 6) is 5.83. The van der Waals surface area contributed by atoms with E-state index in [1.165, 1.54) is 0 Å². The predicted octanol–water partition coefficient (Wildman–Crippen LogP) is 0.739. The van der Waals surface area contributed by atoms with Crippen LogP contribution in [0.3, 0.4) is 0 Å². The van der Waals surface area contributed by atoms with Crippen LogP contribution in [0.2, 0.25) is 0 Å². The van der Waals surface area contributed by atoms with E-state index in [0.29, 0.717) is 5.69 Å². The summed E-state index contributed by atoms with van der Waals surface area (Å²) in [6.07, 6.45) is 0. The molecule has 0 unspecified atom stereocenters. The molecule has 0 fully saturated rings. The van der Waals surface area contributed by atoms with Crippen LogP contribution in [0.4, 0.5) is 5.95 Å². The Morgan fingerprint density at radius 3 is 2.73 bits per heavy atom. The lowest BCUT2D eigenvalue weighted by molar-refractivity contribution is 1.10. The molecule has 1 aromatic rings. The van der Waals surface area contributed by atoms with Gasteiger partial charge in [0.25, 0.3) is 0 Å². The third-order valence-electron chi connectivity index (χ3n) is 1.12. The van der Waals surface area contributed by atoms with E-state index in [4.69, 9.17) is 5.73 Å². The standard InChI is InChI=1S/C8H9N3/c1-3-4-7-5-6(2)10-8(9)11-7/h5H,1-2H3,(H2,9,10,11). The Kier molecular flexibility index (Phi) is 2.07. The van der Waals surface area contributed by atoms with Crippen molar-refractivity contribution < 1.29 is 0 Å². The Bertz CT molecular complexity index is 300. The van der Waals surface area contributed by atoms with E-state index in [9.17, 15) is 0 Å². The molecule has 0 spiro atoms. The summed E-state index contributed by atoms with van der Waals surface area (Å²) in [6.45, 7) is 3.62. The number of hydrogen-bond donors (Lipinski definition) is 1. The summed E-state index contributed by atoms with van der Waals surface area (Å²) < 4.78 is 0. The Labute approximate surface area is 65.7 Å². The van der Waals surface area contributed by atoms with Gasteiger partial charge < -0.3 is 5.73 Å². The number of aromatic nitrogens is 2. The second-order valence-corrected chi connectivity index (χ2v) is 2.13. The van der Waals surface area contributed by atoms with Crippen LogP contribution in [-0.4, -0.2) is 9.97 Å². The molecule has 0 aliphatic carbocycles. The molecule has 0 aliphatic heterocycles. The number of hydrogen-bond acceptors (Lipinski definition) is 3. The van der Waals surface area contributed by atoms with E-state index in [0.717, 1.165) is 5.69 Å². The molecule has 1 heterocycles. The van der Waals surface area contributed by atoms with Crippen LogP contribution in [0.1, 0.15) is 18.3 Å². The summed E-state index contributed by atoms with van der Waals surface area (Å²) in [6, 6.07) is 1.80. The largest absolute Gasteiger partial charge is 0.368 e. The van der Waals surface area contributed by atoms with E-state index in [2.05, 4.69) is 21.8 Å². The Morgan fingerprint density at radius 1 is 1.45 bits per heavy atom. The van der Waals surface area contributed by atoms with Gasteiger partial charge in [0.15, 0.2) is 0 Å². The molecule has 0 radical (unpaired) electrons. The molecule has 3 heteroatoms. The van der Waals surface area contributed by atoms with Gasteiger partial charge in [-0.1, -0.05) is 5.92 Å². The van der Waals surface area contributed by atoms with Crippen molar-refractivity contribution >= 4 is 5.95 Å². The van der Waals surface area contributed by atoms with Crippen molar-refractivity contribution in [3.05, 3.63) is 17.5 Å². The summed E-state index contributed by atoms with van der Waals surface area (Å²) in [4.78, 5) is 7.83. The Hall–Kier alpha value is -1.56. The van der Waals surface area contributed by atoms with Gasteiger partial charge in [-0.2, -0.15) is 0 Å². The van der Waals surface area contributed by atoms with Gasteiger partial charge in [-0.25, -0.2) is 9.97 Å². The van der Waals surface area contributed by atoms with Crippen molar-refractivity contribution in [2.75, 3.05) is 5.73 Å². The van der Waals surface area contributed by atoms with Gasteiger partial charge in [0, 0.05) is 5.69 Å². The number of nitrogen functional groups attached to an aromatic ring is 1. The summed E-state index contributed by atoms with van der Waals surface area (Å²) in [5.41, 5.74) is 6.92. The minimum atomic E-state index is 0.280. The van der Waals surface area contributed by atoms with Gasteiger partial charge in [-0.05, 0) is 25.8 Å². The van der Waals surface area contributed by atoms with Gasteiger partial charge in [0.05, 0.1) is 0 Å². The SMILES string of the molecule is CC#Cc1cc(C)nc(N)n1. The van der Waals surface area contributed by atoms with Gasteiger partial charge in [0.1, 0.15) is 5.69 Å². The molecule has 0 aliphatic rings. The first-order valence-corrected chi connectivity index (χ1v) is 3.26. The maximum atomic E-state index is 5.40. The molecule has 1 aromatic heterocycles. The van der Waals surface area contributed by atoms with Gasteiger partial charge in [0.2, 0.25) is 5.95 Å². The minimum absolute atomic E-state index is 0.280. The number of nitrogens with zero attached hydrogens (tertiary/aromatic N) is 2. The van der Waals surface area contributed by atoms with Crippen LogP contribution in [-0.2, 0) is 0 Å². The molecule has 56 valence electrons. The van der Waals surface area contributed by atoms with E-state index in [1.54, 1.807) is 13.0 Å². The molecule has 0 bridgehead atoms. The van der Waals surface area contributed by atoms with Gasteiger partial charge in [-0.3, -0.25) is 0 Å². The van der Waals surface area contributed by atoms with Crippen LogP contribution < -0.4 is 5.73 Å². The minimum Gasteiger partial charge on any atom is -0.368 e. The zero-order valence-electron chi connectivity index (χ0n) is 6.55. The van der Waals surface area contributed by atoms with Gasteiger partial charge >= 0.3 is 0 Å². The second-order valence-electron chi connectivity index (χ2n) is 2.13. The Balaban J connectivity index is 3.15. The van der Waals surface area contributed by atoms with E-state index < -0.39 is 0 Å². The van der Waals surface area contributed by atoms with Crippen LogP contribution in [0.5, 0.6) is 0 Å². The number of rotatable bonds is 0. The maximum absolute atomic E-state index is 5.40. The molecule has 0 atom stereocenters. The van der Waals surface area contributed by atoms with Crippen LogP contribution >= 0.6 is 0 Å². The van der Waals surface area contributed by atoms with Crippen molar-refractivity contribution in [3.63, 3.8) is 0 Å². The highest BCUT2D eigenvalue weighted by molar-refractivity contribution is 5.32. The van der Waals surface area contributed by atoms with E-state index >= 15 is 0 Å². The third kappa shape index (κ3) is 1.94. The molecular weight excluding hydrogens is 138 g/mol. The molecule has 1 rings (SSSR count). The summed E-state index contributed by atoms with van der Waals surface area (Å²) >= 11 is 0. The molecular formula is C8H9N3. The van der Waals surface area contributed by atoms with Gasteiger partial charge in [-0.15, -0.1) is 0 Å². The van der Waals surface area contributed by atoms with Crippen molar-refractivity contribution in [1.29, 1.82) is 0 Å². The van der Waals surface area contributed by atoms with Crippen molar-refractivity contribution in [2.24, 2.45) is 0 Å². The zero-order chi connectivity index (χ0) is 8.27. The lowest BCUT2D eigenvalue weighted by Crippen LogP contribution is -1.98. The second kappa shape index (κ2) is 3.02. The quantitative estimate of drug-likeness (QED) is 0.550. The third-order valence-corrected chi connectivity index (χ3v) is 1.12. The van der Waals surface area contributed by atoms with Crippen molar-refractivity contribution in [2.45, 2.75) is 13.8 Å². The lowest BCUT2D eigenvalue weighted by Gasteiger charge is -1.94. The van der Waals surface area contributed by atoms with Crippen LogP contribution in [0.15, 0.2) is 6.07 Å². The monoisotopic (exact) mass is 147 g/mol. The first kappa shape index (κ1) is 7.55. The normalized spacial score (nSPS) is 8.55. The van der Waals surface area contributed by atoms with Crippen LogP contribution in [0.25, 0.3) is 0 Å². The topological polar surface area (TPSA) is 51.8 Å². The lowest BCUT2D eigenvalue weighted by atomic mass is 10.3. The zero-order valence-corrected chi connectivity index (χ0v) is 6.55. The number of aryl methyl sites for hydroxylation is 1. The highest BCUT2D eigenvalue weighted by atomic mass is 15.0. The maximum Gasteiger partial charge on any atom is 0.221 e. The number of nitrogens with two attached hydrogens (primary N) is 1. The first-order valence-electron chi connectivity index (χ1n) is 3.26. The predicted molar refractivity (Wildman–Crippen MR) is 43.7 cm³/mol. The highest BCUT2D eigenvalue weighted by Crippen LogP contribution is 1.99. The smallest absolute Gasteiger partial charge is 0.221 e. The molecule has 0 aromatic carbocycles. The molecule has 0 amide bonds. The fraction of sp³-hybridized carbons (Fsp3) is 0.250. The van der Waals surface area contributed by atoms with Crippen molar-refractivity contribution in [3.8, 4) is 11.8 Å². The Morgan fingerprint density at radius 2 is 2.18 bits per heavy atom. The van der Waals surface area contributed by atoms with E-state index in [-0.39, 0.29) is 5.95 Å². The average Bonchev–Trinajstić information content (AvgIpc) is 1.85. The summed E-state index contributed by atoms with van der Waals surface area (Å²) in [5, 5.41) is 0. The molecule has 0 saturated carbocycles. The fourth-order valence-electron chi connectivity index (χ4n) is 0.784. The average molecular weight is 147 g/mol. The van der Waals surface area contributed by atoms with Crippen molar-refractivity contribution in [1.82, 2.24) is 9.97 Å². The fourth-order valence-corrected chi connectivity index (χ4v) is 0.784. The molecule has 0 saturated heterocycles. The number of anilines is 1.